The van der Waals surface area contributed by atoms with Gasteiger partial charge in [-0.05, 0) is 235 Å². The summed E-state index contributed by atoms with van der Waals surface area (Å²) < 4.78 is 0. The largest absolute Gasteiger partial charge is 0.311 e. The Morgan fingerprint density at radius 2 is 0.658 bits per heavy atom. The number of hydrogen-bond donors (Lipinski definition) is 0. The van der Waals surface area contributed by atoms with Crippen molar-refractivity contribution in [3.8, 4) is 0 Å². The lowest BCUT2D eigenvalue weighted by Crippen LogP contribution is -2.62. The Bertz CT molecular complexity index is 3620. The smallest absolute Gasteiger partial charge is 0.252 e. The molecule has 7 aromatic rings. The first-order valence-corrected chi connectivity index (χ1v) is 30.4. The zero-order valence-electron chi connectivity index (χ0n) is 51.2. The lowest BCUT2D eigenvalue weighted by atomic mass is 9.32. The molecule has 0 fully saturated rings. The fraction of sp³-hybridized carbons (Fsp3) is 0.440. The maximum absolute atomic E-state index is 2.79. The minimum atomic E-state index is -0.0166. The molecule has 4 heteroatoms. The van der Waals surface area contributed by atoms with Crippen molar-refractivity contribution >= 4 is 74.3 Å². The molecule has 0 radical (unpaired) electrons. The summed E-state index contributed by atoms with van der Waals surface area (Å²) in [6.07, 6.45) is 9.36. The summed E-state index contributed by atoms with van der Waals surface area (Å²) in [6, 6.07) is 51.3. The van der Waals surface area contributed by atoms with Gasteiger partial charge in [0.2, 0.25) is 0 Å². The van der Waals surface area contributed by atoms with Crippen molar-refractivity contribution < 1.29 is 0 Å². The van der Waals surface area contributed by atoms with Crippen molar-refractivity contribution in [2.45, 2.75) is 212 Å². The first-order valence-electron chi connectivity index (χ1n) is 30.4. The summed E-state index contributed by atoms with van der Waals surface area (Å²) in [5.41, 5.74) is 29.2. The van der Waals surface area contributed by atoms with Gasteiger partial charge in [0.15, 0.2) is 0 Å². The third kappa shape index (κ3) is 7.93. The van der Waals surface area contributed by atoms with Crippen LogP contribution in [0.5, 0.6) is 0 Å². The summed E-state index contributed by atoms with van der Waals surface area (Å²) >= 11 is 0. The van der Waals surface area contributed by atoms with E-state index in [0.717, 1.165) is 42.7 Å². The Morgan fingerprint density at radius 1 is 0.316 bits per heavy atom. The normalized spacial score (nSPS) is 21.3. The molecular weight excluding hydrogens is 954 g/mol. The molecule has 406 valence electrons. The van der Waals surface area contributed by atoms with Crippen LogP contribution in [0.3, 0.4) is 0 Å². The molecule has 7 aromatic carbocycles. The number of rotatable bonds is 5. The molecule has 0 spiro atoms. The zero-order chi connectivity index (χ0) is 55.9. The minimum Gasteiger partial charge on any atom is -0.311 e. The third-order valence-corrected chi connectivity index (χ3v) is 21.8. The monoisotopic (exact) mass is 1040 g/mol. The van der Waals surface area contributed by atoms with Crippen molar-refractivity contribution in [2.75, 3.05) is 14.7 Å². The van der Waals surface area contributed by atoms with E-state index >= 15 is 0 Å². The van der Waals surface area contributed by atoms with Crippen molar-refractivity contribution in [2.24, 2.45) is 0 Å². The van der Waals surface area contributed by atoms with Crippen LogP contribution in [-0.2, 0) is 43.3 Å². The predicted molar refractivity (Wildman–Crippen MR) is 341 cm³/mol. The standard InChI is InChI=1S/C75H88BN3/c1-47-38-53-57(73(12,13)35-32-69(53,4)5)44-62(47)79-64-46-59-56(72(10,11)34-37-75(59,16)17)43-61(64)76-60-42-55-58(74(14,15)36-33-71(55,8)9)45-63(60)78(50-28-29-52-54(39-50)70(6,7)31-30-68(52,2)3)65-40-51(41-66(79)67(65)76)77(48-24-20-18-21-25-48)49-26-22-19-23-27-49/h18-29,38-46H,30-37H2,1-17H3. The molecule has 0 atom stereocenters. The SMILES string of the molecule is Cc1cc2c(cc1N1c3cc4c(cc3B3c5cc6c(cc5N(c5ccc7c(c5)C(C)(C)CCC7(C)C)c5cc(N(c7ccccc7)c7ccccc7)cc1c53)C(C)(C)CCC6(C)C)C(C)(C)CCC4(C)C)C(C)(C)CCC2(C)C. The minimum absolute atomic E-state index is 0.0118. The van der Waals surface area contributed by atoms with Gasteiger partial charge in [-0.3, -0.25) is 0 Å². The first-order chi connectivity index (χ1) is 37.0. The molecule has 0 amide bonds. The molecule has 0 aromatic heterocycles. The van der Waals surface area contributed by atoms with Crippen LogP contribution in [0.15, 0.2) is 127 Å². The predicted octanol–water partition coefficient (Wildman–Crippen LogP) is 18.9. The van der Waals surface area contributed by atoms with Crippen LogP contribution < -0.4 is 31.1 Å². The number of nitrogens with zero attached hydrogens (tertiary/aromatic N) is 3. The van der Waals surface area contributed by atoms with E-state index in [2.05, 4.69) is 260 Å². The number of hydrogen-bond acceptors (Lipinski definition) is 3. The Balaban J connectivity index is 1.22. The van der Waals surface area contributed by atoms with Crippen molar-refractivity contribution in [1.82, 2.24) is 0 Å². The van der Waals surface area contributed by atoms with E-state index in [0.29, 0.717) is 0 Å². The average molecular weight is 1040 g/mol. The van der Waals surface area contributed by atoms with Crippen LogP contribution in [0.25, 0.3) is 0 Å². The van der Waals surface area contributed by atoms with Gasteiger partial charge in [-0.25, -0.2) is 0 Å². The second-order valence-corrected chi connectivity index (χ2v) is 30.9. The van der Waals surface area contributed by atoms with E-state index in [1.807, 2.05) is 0 Å². The fourth-order valence-electron chi connectivity index (χ4n) is 16.0. The molecule has 3 nitrogen and oxygen atoms in total. The average Bonchev–Trinajstić information content (AvgIpc) is 3.58. The number of aryl methyl sites for hydroxylation is 1. The molecule has 0 bridgehead atoms. The van der Waals surface area contributed by atoms with Gasteiger partial charge < -0.3 is 14.7 Å². The van der Waals surface area contributed by atoms with Crippen molar-refractivity contribution in [3.05, 3.63) is 177 Å². The molecule has 6 aliphatic rings. The molecule has 0 saturated carbocycles. The fourth-order valence-corrected chi connectivity index (χ4v) is 16.0. The third-order valence-electron chi connectivity index (χ3n) is 21.8. The number of benzene rings is 7. The summed E-state index contributed by atoms with van der Waals surface area (Å²) in [6.45, 7) is 42.4. The Morgan fingerprint density at radius 3 is 1.09 bits per heavy atom. The highest BCUT2D eigenvalue weighted by Crippen LogP contribution is 2.57. The molecule has 79 heavy (non-hydrogen) atoms. The quantitative estimate of drug-likeness (QED) is 0.159. The molecule has 2 aliphatic heterocycles. The van der Waals surface area contributed by atoms with E-state index in [4.69, 9.17) is 0 Å². The van der Waals surface area contributed by atoms with E-state index in [-0.39, 0.29) is 50.0 Å². The molecule has 13 rings (SSSR count). The summed E-state index contributed by atoms with van der Waals surface area (Å²) in [7, 11) is 0. The van der Waals surface area contributed by atoms with Gasteiger partial charge in [0.1, 0.15) is 0 Å². The highest BCUT2D eigenvalue weighted by molar-refractivity contribution is 7.00. The molecule has 0 unspecified atom stereocenters. The van der Waals surface area contributed by atoms with Crippen LogP contribution in [-0.4, -0.2) is 6.71 Å². The van der Waals surface area contributed by atoms with Crippen molar-refractivity contribution in [1.29, 1.82) is 0 Å². The molecule has 0 saturated heterocycles. The van der Waals surface area contributed by atoms with Gasteiger partial charge in [0, 0.05) is 45.5 Å². The number of anilines is 9. The lowest BCUT2D eigenvalue weighted by molar-refractivity contribution is 0.331. The summed E-state index contributed by atoms with van der Waals surface area (Å²) in [5, 5.41) is 0. The van der Waals surface area contributed by atoms with Crippen LogP contribution in [0.1, 0.15) is 212 Å². The molecule has 0 N–H and O–H groups in total. The Labute approximate surface area is 476 Å². The second kappa shape index (κ2) is 17.0. The van der Waals surface area contributed by atoms with E-state index in [1.54, 1.807) is 0 Å². The maximum atomic E-state index is 2.79. The molecule has 2 heterocycles. The van der Waals surface area contributed by atoms with E-state index in [9.17, 15) is 0 Å². The van der Waals surface area contributed by atoms with Crippen LogP contribution in [0.2, 0.25) is 0 Å². The Hall–Kier alpha value is -6.00. The topological polar surface area (TPSA) is 9.72 Å². The number of fused-ring (bicyclic) bond motifs is 8. The summed E-state index contributed by atoms with van der Waals surface area (Å²) in [5.74, 6) is 0. The van der Waals surface area contributed by atoms with E-state index < -0.39 is 0 Å². The molecule has 4 aliphatic carbocycles. The van der Waals surface area contributed by atoms with Crippen LogP contribution >= 0.6 is 0 Å². The zero-order valence-corrected chi connectivity index (χ0v) is 51.2. The van der Waals surface area contributed by atoms with Crippen molar-refractivity contribution in [3.63, 3.8) is 0 Å². The lowest BCUT2D eigenvalue weighted by Gasteiger charge is -2.50. The first kappa shape index (κ1) is 52.4. The van der Waals surface area contributed by atoms with E-state index in [1.165, 1.54) is 126 Å². The van der Waals surface area contributed by atoms with Gasteiger partial charge in [0.25, 0.3) is 6.71 Å². The van der Waals surface area contributed by atoms with Gasteiger partial charge >= 0.3 is 0 Å². The van der Waals surface area contributed by atoms with Crippen LogP contribution in [0.4, 0.5) is 51.2 Å². The second-order valence-electron chi connectivity index (χ2n) is 30.9. The highest BCUT2D eigenvalue weighted by atomic mass is 15.2. The molecular formula is C75H88BN3. The van der Waals surface area contributed by atoms with Crippen LogP contribution in [0, 0.1) is 6.92 Å². The van der Waals surface area contributed by atoms with Gasteiger partial charge in [-0.15, -0.1) is 0 Å². The maximum Gasteiger partial charge on any atom is 0.252 e. The van der Waals surface area contributed by atoms with Gasteiger partial charge in [-0.2, -0.15) is 0 Å². The van der Waals surface area contributed by atoms with Gasteiger partial charge in [-0.1, -0.05) is 171 Å². The summed E-state index contributed by atoms with van der Waals surface area (Å²) in [4.78, 5) is 8.08. The number of para-hydroxylation sites is 2. The Kier molecular flexibility index (Phi) is 11.3. The highest BCUT2D eigenvalue weighted by Gasteiger charge is 2.50. The van der Waals surface area contributed by atoms with Gasteiger partial charge in [0.05, 0.1) is 5.69 Å².